The quantitative estimate of drug-likeness (QED) is 0.122. The fourth-order valence-corrected chi connectivity index (χ4v) is 5.84. The Morgan fingerprint density at radius 1 is 1.14 bits per heavy atom. The van der Waals surface area contributed by atoms with E-state index in [1.807, 2.05) is 0 Å². The molecule has 5 nitrogen and oxygen atoms in total. The summed E-state index contributed by atoms with van der Waals surface area (Å²) in [5.41, 5.74) is 4.09. The Morgan fingerprint density at radius 2 is 1.83 bits per heavy atom. The van der Waals surface area contributed by atoms with Gasteiger partial charge < -0.3 is 14.1 Å². The van der Waals surface area contributed by atoms with Gasteiger partial charge in [0.1, 0.15) is 5.75 Å². The molecular formula is C37H64N3O2+. The maximum absolute atomic E-state index is 13.3. The fraction of sp³-hybridized carbons (Fsp3) is 0.703. The zero-order valence-corrected chi connectivity index (χ0v) is 28.6. The Bertz CT molecular complexity index is 946. The van der Waals surface area contributed by atoms with Gasteiger partial charge in [-0.25, -0.2) is 0 Å². The molecular weight excluding hydrogens is 518 g/mol. The fourth-order valence-electron chi connectivity index (χ4n) is 5.84. The molecule has 0 aliphatic carbocycles. The molecule has 0 bridgehead atoms. The summed E-state index contributed by atoms with van der Waals surface area (Å²) in [5, 5.41) is 0. The number of amides is 1. The Kier molecular flexibility index (Phi) is 17.8. The summed E-state index contributed by atoms with van der Waals surface area (Å²) in [6.45, 7) is 20.2. The maximum Gasteiger partial charge on any atom is 0.236 e. The summed E-state index contributed by atoms with van der Waals surface area (Å²) < 4.78 is 6.63. The van der Waals surface area contributed by atoms with Crippen LogP contribution >= 0.6 is 0 Å². The van der Waals surface area contributed by atoms with Crippen molar-refractivity contribution in [3.05, 3.63) is 41.5 Å². The molecule has 1 fully saturated rings. The van der Waals surface area contributed by atoms with Gasteiger partial charge in [-0.3, -0.25) is 9.69 Å². The van der Waals surface area contributed by atoms with Crippen LogP contribution in [0.1, 0.15) is 103 Å². The second kappa shape index (κ2) is 19.8. The number of fused-ring (bicyclic) bond motifs is 1. The second-order valence-corrected chi connectivity index (χ2v) is 13.7. The molecule has 3 rings (SSSR count). The standard InChI is InChI=1S/C26H44N3O2.C9H18.C2H2/c1-6-8-13-27(14-9-15-29(3,4)5)26(30)20-28-19-23(18-24(28)7-2)21-10-11-25-22(17-21)12-16-31-25;1-8(2)6-5-7-9(3)4;1-2/h10-11,17,23-24H,6-9,12-16,18-20H2,1-5H3;9H,1,5-7H2,2-4H3;1-2H/q+1;;. The van der Waals surface area contributed by atoms with Gasteiger partial charge >= 0.3 is 0 Å². The number of quaternary nitrogens is 1. The first kappa shape index (κ1) is 37.7. The highest BCUT2D eigenvalue weighted by atomic mass is 16.5. The number of carbonyl (C=O) groups is 1. The predicted molar refractivity (Wildman–Crippen MR) is 181 cm³/mol. The van der Waals surface area contributed by atoms with Crippen molar-refractivity contribution in [2.45, 2.75) is 104 Å². The van der Waals surface area contributed by atoms with Crippen LogP contribution in [0.4, 0.5) is 0 Å². The summed E-state index contributed by atoms with van der Waals surface area (Å²) in [6.07, 6.45) is 18.4. The van der Waals surface area contributed by atoms with E-state index in [-0.39, 0.29) is 0 Å². The number of likely N-dealkylation sites (tertiary alicyclic amines) is 1. The SMILES string of the molecule is C#C.C=C(C)CCCC(C)C.CCCCN(CCC[N+](C)(C)C)C(=O)CN1CC(c2ccc3c(c2)CCO3)CC1CC. The number of carbonyl (C=O) groups excluding carboxylic acids is 1. The zero-order valence-electron chi connectivity index (χ0n) is 28.6. The summed E-state index contributed by atoms with van der Waals surface area (Å²) in [7, 11) is 6.67. The van der Waals surface area contributed by atoms with Crippen molar-refractivity contribution < 1.29 is 14.0 Å². The van der Waals surface area contributed by atoms with E-state index in [2.05, 4.69) is 103 Å². The van der Waals surface area contributed by atoms with E-state index >= 15 is 0 Å². The van der Waals surface area contributed by atoms with Gasteiger partial charge in [0.25, 0.3) is 0 Å². The molecule has 1 saturated heterocycles. The molecule has 2 unspecified atom stereocenters. The molecule has 42 heavy (non-hydrogen) atoms. The lowest BCUT2D eigenvalue weighted by molar-refractivity contribution is -0.870. The van der Waals surface area contributed by atoms with E-state index < -0.39 is 0 Å². The van der Waals surface area contributed by atoms with Crippen LogP contribution in [0.15, 0.2) is 30.4 Å². The number of nitrogens with zero attached hydrogens (tertiary/aromatic N) is 3. The molecule has 1 amide bonds. The molecule has 0 spiro atoms. The molecule has 0 N–H and O–H groups in total. The third kappa shape index (κ3) is 14.3. The molecule has 1 aromatic carbocycles. The van der Waals surface area contributed by atoms with E-state index in [1.165, 1.54) is 36.0 Å². The Morgan fingerprint density at radius 3 is 2.43 bits per heavy atom. The lowest BCUT2D eigenvalue weighted by atomic mass is 9.94. The van der Waals surface area contributed by atoms with Crippen molar-refractivity contribution in [2.75, 3.05) is 60.5 Å². The molecule has 5 heteroatoms. The van der Waals surface area contributed by atoms with Crippen LogP contribution in [-0.2, 0) is 11.2 Å². The predicted octanol–water partition coefficient (Wildman–Crippen LogP) is 7.55. The van der Waals surface area contributed by atoms with Gasteiger partial charge in [0.2, 0.25) is 5.91 Å². The van der Waals surface area contributed by atoms with Crippen molar-refractivity contribution in [3.63, 3.8) is 0 Å². The average molecular weight is 583 g/mol. The summed E-state index contributed by atoms with van der Waals surface area (Å²) in [4.78, 5) is 17.9. The molecule has 1 aromatic rings. The number of hydrogen-bond donors (Lipinski definition) is 0. The van der Waals surface area contributed by atoms with Crippen LogP contribution in [0.5, 0.6) is 5.75 Å². The monoisotopic (exact) mass is 582 g/mol. The number of allylic oxidation sites excluding steroid dienone is 1. The summed E-state index contributed by atoms with van der Waals surface area (Å²) in [5.74, 6) is 2.74. The zero-order chi connectivity index (χ0) is 31.7. The number of ether oxygens (including phenoxy) is 1. The third-order valence-electron chi connectivity index (χ3n) is 8.30. The first-order valence-corrected chi connectivity index (χ1v) is 16.5. The first-order chi connectivity index (χ1) is 19.9. The molecule has 0 saturated carbocycles. The molecule has 0 radical (unpaired) electrons. The average Bonchev–Trinajstić information content (AvgIpc) is 3.57. The minimum atomic E-state index is 0.316. The number of benzene rings is 1. The minimum Gasteiger partial charge on any atom is -0.493 e. The van der Waals surface area contributed by atoms with Crippen molar-refractivity contribution in [2.24, 2.45) is 5.92 Å². The second-order valence-electron chi connectivity index (χ2n) is 13.7. The van der Waals surface area contributed by atoms with E-state index in [0.29, 0.717) is 24.4 Å². The van der Waals surface area contributed by atoms with Gasteiger partial charge in [0, 0.05) is 38.5 Å². The van der Waals surface area contributed by atoms with Gasteiger partial charge in [-0.2, -0.15) is 0 Å². The van der Waals surface area contributed by atoms with Crippen LogP contribution in [-0.4, -0.2) is 86.7 Å². The number of rotatable bonds is 15. The molecule has 2 aliphatic rings. The highest BCUT2D eigenvalue weighted by molar-refractivity contribution is 5.78. The minimum absolute atomic E-state index is 0.316. The molecule has 238 valence electrons. The van der Waals surface area contributed by atoms with Crippen LogP contribution < -0.4 is 4.74 Å². The van der Waals surface area contributed by atoms with Crippen LogP contribution in [0.2, 0.25) is 0 Å². The van der Waals surface area contributed by atoms with Gasteiger partial charge in [-0.05, 0) is 68.1 Å². The Balaban J connectivity index is 0.000000686. The van der Waals surface area contributed by atoms with E-state index in [4.69, 9.17) is 4.74 Å². The van der Waals surface area contributed by atoms with Gasteiger partial charge in [0.05, 0.1) is 40.8 Å². The van der Waals surface area contributed by atoms with Gasteiger partial charge in [-0.15, -0.1) is 19.4 Å². The molecule has 0 aromatic heterocycles. The van der Waals surface area contributed by atoms with Crippen molar-refractivity contribution in [3.8, 4) is 18.6 Å². The van der Waals surface area contributed by atoms with Crippen molar-refractivity contribution >= 4 is 5.91 Å². The lowest BCUT2D eigenvalue weighted by Crippen LogP contribution is -2.44. The summed E-state index contributed by atoms with van der Waals surface area (Å²) >= 11 is 0. The first-order valence-electron chi connectivity index (χ1n) is 16.5. The van der Waals surface area contributed by atoms with E-state index in [1.54, 1.807) is 0 Å². The van der Waals surface area contributed by atoms with Crippen LogP contribution in [0.3, 0.4) is 0 Å². The van der Waals surface area contributed by atoms with Crippen molar-refractivity contribution in [1.29, 1.82) is 0 Å². The highest BCUT2D eigenvalue weighted by Gasteiger charge is 2.34. The van der Waals surface area contributed by atoms with E-state index in [9.17, 15) is 4.79 Å². The maximum atomic E-state index is 13.3. The van der Waals surface area contributed by atoms with Crippen LogP contribution in [0.25, 0.3) is 0 Å². The Hall–Kier alpha value is -2.29. The number of hydrogen-bond acceptors (Lipinski definition) is 3. The number of terminal acetylenes is 1. The molecule has 2 heterocycles. The Labute approximate surface area is 260 Å². The smallest absolute Gasteiger partial charge is 0.236 e. The number of unbranched alkanes of at least 4 members (excludes halogenated alkanes) is 1. The lowest BCUT2D eigenvalue weighted by Gasteiger charge is -2.30. The molecule has 2 atom stereocenters. The summed E-state index contributed by atoms with van der Waals surface area (Å²) in [6, 6.07) is 7.24. The molecule has 2 aliphatic heterocycles. The van der Waals surface area contributed by atoms with Crippen LogP contribution in [0, 0.1) is 18.8 Å². The largest absolute Gasteiger partial charge is 0.493 e. The van der Waals surface area contributed by atoms with E-state index in [0.717, 1.165) is 87.5 Å². The highest BCUT2D eigenvalue weighted by Crippen LogP contribution is 2.36. The topological polar surface area (TPSA) is 32.8 Å². The third-order valence-corrected chi connectivity index (χ3v) is 8.30. The van der Waals surface area contributed by atoms with Gasteiger partial charge in [-0.1, -0.05) is 58.2 Å². The van der Waals surface area contributed by atoms with Crippen molar-refractivity contribution in [1.82, 2.24) is 9.80 Å². The van der Waals surface area contributed by atoms with Gasteiger partial charge in [0.15, 0.2) is 0 Å². The normalized spacial score (nSPS) is 17.9.